The lowest BCUT2D eigenvalue weighted by Gasteiger charge is -2.05. The Balaban J connectivity index is 1.89. The average Bonchev–Trinajstić information content (AvgIpc) is 2.34. The zero-order chi connectivity index (χ0) is 11.5. The fraction of sp³-hybridized carbons (Fsp3) is 0.583. The first-order chi connectivity index (χ1) is 7.93. The van der Waals surface area contributed by atoms with Crippen LogP contribution in [-0.4, -0.2) is 38.3 Å². The average molecular weight is 223 g/mol. The van der Waals surface area contributed by atoms with E-state index in [0.29, 0.717) is 0 Å². The highest BCUT2D eigenvalue weighted by Gasteiger charge is 1.91. The molecule has 0 saturated heterocycles. The molecule has 1 heterocycles. The second kappa shape index (κ2) is 9.27. The van der Waals surface area contributed by atoms with Gasteiger partial charge in [-0.3, -0.25) is 4.98 Å². The van der Waals surface area contributed by atoms with Gasteiger partial charge in [-0.25, -0.2) is 0 Å². The summed E-state index contributed by atoms with van der Waals surface area (Å²) >= 11 is 0. The normalized spacial score (nSPS) is 10.6. The smallest absolute Gasteiger partial charge is 0.0587 e. The number of pyridine rings is 1. The Morgan fingerprint density at radius 3 is 2.88 bits per heavy atom. The van der Waals surface area contributed by atoms with E-state index in [1.807, 2.05) is 12.3 Å². The molecule has 0 radical (unpaired) electrons. The molecule has 0 unspecified atom stereocenters. The van der Waals surface area contributed by atoms with Crippen LogP contribution < -0.4 is 10.6 Å². The van der Waals surface area contributed by atoms with Crippen molar-refractivity contribution in [3.63, 3.8) is 0 Å². The molecule has 90 valence electrons. The number of rotatable bonds is 9. The van der Waals surface area contributed by atoms with Crippen LogP contribution in [0.3, 0.4) is 0 Å². The highest BCUT2D eigenvalue weighted by Crippen LogP contribution is 1.93. The summed E-state index contributed by atoms with van der Waals surface area (Å²) < 4.78 is 4.94. The van der Waals surface area contributed by atoms with Gasteiger partial charge in [-0.1, -0.05) is 6.07 Å². The molecule has 1 aromatic heterocycles. The van der Waals surface area contributed by atoms with Crippen molar-refractivity contribution in [2.45, 2.75) is 13.0 Å². The van der Waals surface area contributed by atoms with E-state index in [2.05, 4.69) is 21.7 Å². The van der Waals surface area contributed by atoms with Gasteiger partial charge >= 0.3 is 0 Å². The van der Waals surface area contributed by atoms with Crippen LogP contribution in [0.1, 0.15) is 12.0 Å². The van der Waals surface area contributed by atoms with Crippen LogP contribution >= 0.6 is 0 Å². The molecule has 4 heteroatoms. The highest BCUT2D eigenvalue weighted by atomic mass is 16.5. The molecule has 16 heavy (non-hydrogen) atoms. The zero-order valence-corrected chi connectivity index (χ0v) is 9.91. The minimum absolute atomic E-state index is 0.781. The lowest BCUT2D eigenvalue weighted by Crippen LogP contribution is -2.24. The molecule has 4 nitrogen and oxygen atoms in total. The SMILES string of the molecule is COCCNCCCNCc1cccnc1. The molecule has 0 spiro atoms. The maximum absolute atomic E-state index is 4.94. The fourth-order valence-corrected chi connectivity index (χ4v) is 1.37. The summed E-state index contributed by atoms with van der Waals surface area (Å²) in [4.78, 5) is 4.07. The monoisotopic (exact) mass is 223 g/mol. The number of nitrogens with zero attached hydrogens (tertiary/aromatic N) is 1. The summed E-state index contributed by atoms with van der Waals surface area (Å²) in [5.74, 6) is 0. The van der Waals surface area contributed by atoms with Gasteiger partial charge in [0, 0.05) is 32.6 Å². The summed E-state index contributed by atoms with van der Waals surface area (Å²) in [5, 5.41) is 6.69. The standard InChI is InChI=1S/C12H21N3O/c1-16-9-8-13-6-3-7-15-11-12-4-2-5-14-10-12/h2,4-5,10,13,15H,3,6-9,11H2,1H3. The lowest BCUT2D eigenvalue weighted by atomic mass is 10.3. The van der Waals surface area contributed by atoms with E-state index in [4.69, 9.17) is 4.74 Å². The Kier molecular flexibility index (Phi) is 7.59. The van der Waals surface area contributed by atoms with E-state index < -0.39 is 0 Å². The molecule has 0 bridgehead atoms. The molecule has 0 atom stereocenters. The molecule has 0 amide bonds. The summed E-state index contributed by atoms with van der Waals surface area (Å²) in [6.45, 7) is 4.66. The largest absolute Gasteiger partial charge is 0.383 e. The molecule has 0 saturated carbocycles. The predicted octanol–water partition coefficient (Wildman–Crippen LogP) is 0.797. The van der Waals surface area contributed by atoms with Crippen LogP contribution in [0.5, 0.6) is 0 Å². The van der Waals surface area contributed by atoms with Crippen LogP contribution in [0.2, 0.25) is 0 Å². The van der Waals surface area contributed by atoms with Crippen LogP contribution in [0.15, 0.2) is 24.5 Å². The molecular formula is C12H21N3O. The molecule has 0 aromatic carbocycles. The van der Waals surface area contributed by atoms with Crippen molar-refractivity contribution in [2.24, 2.45) is 0 Å². The first kappa shape index (κ1) is 13.1. The van der Waals surface area contributed by atoms with Crippen LogP contribution in [-0.2, 0) is 11.3 Å². The third-order valence-corrected chi connectivity index (χ3v) is 2.24. The van der Waals surface area contributed by atoms with E-state index in [0.717, 1.165) is 39.2 Å². The molecule has 0 aliphatic rings. The van der Waals surface area contributed by atoms with Crippen molar-refractivity contribution in [1.29, 1.82) is 0 Å². The molecule has 2 N–H and O–H groups in total. The maximum atomic E-state index is 4.94. The van der Waals surface area contributed by atoms with Gasteiger partial charge in [-0.05, 0) is 31.1 Å². The van der Waals surface area contributed by atoms with E-state index in [-0.39, 0.29) is 0 Å². The topological polar surface area (TPSA) is 46.2 Å². The third-order valence-electron chi connectivity index (χ3n) is 2.24. The summed E-state index contributed by atoms with van der Waals surface area (Å²) in [6.07, 6.45) is 4.82. The van der Waals surface area contributed by atoms with Gasteiger partial charge in [0.15, 0.2) is 0 Å². The number of ether oxygens (including phenoxy) is 1. The minimum Gasteiger partial charge on any atom is -0.383 e. The van der Waals surface area contributed by atoms with Gasteiger partial charge in [0.2, 0.25) is 0 Å². The third kappa shape index (κ3) is 6.50. The van der Waals surface area contributed by atoms with E-state index in [1.165, 1.54) is 5.56 Å². The van der Waals surface area contributed by atoms with Gasteiger partial charge in [-0.2, -0.15) is 0 Å². The van der Waals surface area contributed by atoms with Gasteiger partial charge in [0.25, 0.3) is 0 Å². The van der Waals surface area contributed by atoms with Gasteiger partial charge in [0.05, 0.1) is 6.61 Å². The molecule has 1 aromatic rings. The van der Waals surface area contributed by atoms with Crippen LogP contribution in [0.25, 0.3) is 0 Å². The van der Waals surface area contributed by atoms with Gasteiger partial charge < -0.3 is 15.4 Å². The van der Waals surface area contributed by atoms with Crippen molar-refractivity contribution in [3.05, 3.63) is 30.1 Å². The Hall–Kier alpha value is -0.970. The molecule has 0 aliphatic carbocycles. The van der Waals surface area contributed by atoms with Crippen LogP contribution in [0.4, 0.5) is 0 Å². The first-order valence-electron chi connectivity index (χ1n) is 5.73. The fourth-order valence-electron chi connectivity index (χ4n) is 1.37. The lowest BCUT2D eigenvalue weighted by molar-refractivity contribution is 0.199. The van der Waals surface area contributed by atoms with Crippen molar-refractivity contribution >= 4 is 0 Å². The van der Waals surface area contributed by atoms with Crippen molar-refractivity contribution < 1.29 is 4.74 Å². The minimum atomic E-state index is 0.781. The van der Waals surface area contributed by atoms with Gasteiger partial charge in [0.1, 0.15) is 0 Å². The van der Waals surface area contributed by atoms with Crippen molar-refractivity contribution in [3.8, 4) is 0 Å². The highest BCUT2D eigenvalue weighted by molar-refractivity contribution is 5.07. The molecule has 0 fully saturated rings. The van der Waals surface area contributed by atoms with Crippen molar-refractivity contribution in [1.82, 2.24) is 15.6 Å². The Morgan fingerprint density at radius 2 is 2.12 bits per heavy atom. The molecular weight excluding hydrogens is 202 g/mol. The maximum Gasteiger partial charge on any atom is 0.0587 e. The predicted molar refractivity (Wildman–Crippen MR) is 65.3 cm³/mol. The van der Waals surface area contributed by atoms with Crippen molar-refractivity contribution in [2.75, 3.05) is 33.4 Å². The van der Waals surface area contributed by atoms with E-state index in [1.54, 1.807) is 13.3 Å². The quantitative estimate of drug-likeness (QED) is 0.608. The Labute approximate surface area is 97.4 Å². The summed E-state index contributed by atoms with van der Waals surface area (Å²) in [6, 6.07) is 4.04. The zero-order valence-electron chi connectivity index (χ0n) is 9.91. The second-order valence-electron chi connectivity index (χ2n) is 3.63. The van der Waals surface area contributed by atoms with E-state index >= 15 is 0 Å². The second-order valence-corrected chi connectivity index (χ2v) is 3.63. The Morgan fingerprint density at radius 1 is 1.25 bits per heavy atom. The summed E-state index contributed by atoms with van der Waals surface area (Å²) in [7, 11) is 1.72. The molecule has 1 rings (SSSR count). The number of aromatic nitrogens is 1. The Bertz CT molecular complexity index is 254. The summed E-state index contributed by atoms with van der Waals surface area (Å²) in [5.41, 5.74) is 1.23. The first-order valence-corrected chi connectivity index (χ1v) is 5.73. The van der Waals surface area contributed by atoms with Crippen LogP contribution in [0, 0.1) is 0 Å². The number of hydrogen-bond acceptors (Lipinski definition) is 4. The van der Waals surface area contributed by atoms with E-state index in [9.17, 15) is 0 Å². The molecule has 0 aliphatic heterocycles. The number of hydrogen-bond donors (Lipinski definition) is 2. The number of methoxy groups -OCH3 is 1. The number of nitrogens with one attached hydrogen (secondary N) is 2. The van der Waals surface area contributed by atoms with Gasteiger partial charge in [-0.15, -0.1) is 0 Å².